The van der Waals surface area contributed by atoms with E-state index in [9.17, 15) is 19.2 Å². The van der Waals surface area contributed by atoms with Gasteiger partial charge in [-0.05, 0) is 127 Å². The molecule has 0 heterocycles. The summed E-state index contributed by atoms with van der Waals surface area (Å²) in [6.45, 7) is 14.9. The second kappa shape index (κ2) is 22.9. The van der Waals surface area contributed by atoms with Gasteiger partial charge in [0.05, 0.1) is 50.6 Å². The molecule has 5 aromatic carbocycles. The van der Waals surface area contributed by atoms with Gasteiger partial charge < -0.3 is 47.4 Å². The molecule has 1 unspecified atom stereocenters. The van der Waals surface area contributed by atoms with Crippen LogP contribution < -0.4 is 42.6 Å². The molecule has 0 spiro atoms. The predicted molar refractivity (Wildman–Crippen MR) is 249 cm³/mol. The van der Waals surface area contributed by atoms with Crippen molar-refractivity contribution in [3.05, 3.63) is 138 Å². The zero-order valence-corrected chi connectivity index (χ0v) is 38.6. The van der Waals surface area contributed by atoms with Gasteiger partial charge in [-0.1, -0.05) is 30.3 Å². The van der Waals surface area contributed by atoms with E-state index in [-0.39, 0.29) is 34.6 Å². The quantitative estimate of drug-likeness (QED) is 0.0505. The number of allylic oxidation sites excluding steroid dienone is 2. The summed E-state index contributed by atoms with van der Waals surface area (Å²) in [5.74, 6) is 1.05. The van der Waals surface area contributed by atoms with Crippen molar-refractivity contribution in [3.63, 3.8) is 0 Å². The number of rotatable bonds is 21. The van der Waals surface area contributed by atoms with E-state index in [0.717, 1.165) is 11.1 Å². The summed E-state index contributed by atoms with van der Waals surface area (Å²) in [6, 6.07) is 26.3. The third kappa shape index (κ3) is 12.3. The fourth-order valence-corrected chi connectivity index (χ4v) is 6.77. The Balaban J connectivity index is 1.01. The Morgan fingerprint density at radius 3 is 1.24 bits per heavy atom. The van der Waals surface area contributed by atoms with Crippen LogP contribution in [0.4, 0.5) is 0 Å². The minimum atomic E-state index is -1.02. The summed E-state index contributed by atoms with van der Waals surface area (Å²) in [6.07, 6.45) is 5.12. The van der Waals surface area contributed by atoms with Crippen LogP contribution >= 0.6 is 0 Å². The van der Waals surface area contributed by atoms with Crippen LogP contribution in [0.3, 0.4) is 0 Å². The highest BCUT2D eigenvalue weighted by molar-refractivity contribution is 5.96. The Hall–Kier alpha value is -7.74. The number of benzene rings is 5. The first kappa shape index (κ1) is 48.7. The molecule has 0 radical (unpaired) electrons. The number of hydrogen-bond donors (Lipinski definition) is 0. The third-order valence-corrected chi connectivity index (χ3v) is 10.1. The van der Waals surface area contributed by atoms with E-state index in [1.807, 2.05) is 46.8 Å². The number of hydrogen-bond acceptors (Lipinski definition) is 14. The molecule has 5 aromatic rings. The second-order valence-electron chi connectivity index (χ2n) is 14.9. The zero-order valence-electron chi connectivity index (χ0n) is 38.6. The topological polar surface area (TPSA) is 161 Å². The van der Waals surface area contributed by atoms with Gasteiger partial charge in [-0.3, -0.25) is 4.79 Å². The van der Waals surface area contributed by atoms with E-state index in [4.69, 9.17) is 47.4 Å². The number of ether oxygens (including phenoxy) is 10. The van der Waals surface area contributed by atoms with E-state index in [1.54, 1.807) is 86.7 Å². The van der Waals surface area contributed by atoms with Crippen LogP contribution in [0.5, 0.6) is 51.7 Å². The number of carbonyl (C=O) groups is 4. The minimum Gasteiger partial charge on any atom is -0.493 e. The summed E-state index contributed by atoms with van der Waals surface area (Å²) >= 11 is 0. The van der Waals surface area contributed by atoms with Crippen molar-refractivity contribution >= 4 is 23.9 Å². The molecule has 1 aliphatic carbocycles. The van der Waals surface area contributed by atoms with Gasteiger partial charge in [0.15, 0.2) is 23.0 Å². The second-order valence-corrected chi connectivity index (χ2v) is 14.9. The molecule has 0 amide bonds. The van der Waals surface area contributed by atoms with E-state index in [1.165, 1.54) is 30.3 Å². The summed E-state index contributed by atoms with van der Waals surface area (Å²) < 4.78 is 56.8. The van der Waals surface area contributed by atoms with Crippen molar-refractivity contribution in [3.8, 4) is 62.9 Å². The van der Waals surface area contributed by atoms with Gasteiger partial charge in [0.2, 0.25) is 0 Å². The standard InChI is InChI=1S/C53H54O14/c1-8-58-43-32-47(62-12-5)45(60-10-3)30-41(43)50(55)65-38-24-18-36(19-25-38)49(54)64-37-20-14-34(15-21-37)35-16-22-39(23-17-35)67-52(57)53(7)28-26-40(27-29-53)66-51(56)42-31-46(61-11-4)48(63-13-6)33-44(42)59-9-2/h14-28,30-33H,8-13,29H2,1-7H3. The van der Waals surface area contributed by atoms with Crippen LogP contribution in [0, 0.1) is 5.41 Å². The highest BCUT2D eigenvalue weighted by atomic mass is 16.6. The molecular weight excluding hydrogens is 861 g/mol. The maximum absolute atomic E-state index is 13.4. The molecule has 350 valence electrons. The van der Waals surface area contributed by atoms with Crippen molar-refractivity contribution in [1.29, 1.82) is 0 Å². The predicted octanol–water partition coefficient (Wildman–Crippen LogP) is 10.8. The minimum absolute atomic E-state index is 0.162. The van der Waals surface area contributed by atoms with Gasteiger partial charge in [0, 0.05) is 24.3 Å². The van der Waals surface area contributed by atoms with Crippen LogP contribution in [0.2, 0.25) is 0 Å². The fraction of sp³-hybridized carbons (Fsp3) is 0.283. The van der Waals surface area contributed by atoms with Gasteiger partial charge in [-0.25, -0.2) is 14.4 Å². The van der Waals surface area contributed by atoms with Crippen LogP contribution in [0.25, 0.3) is 11.1 Å². The summed E-state index contributed by atoms with van der Waals surface area (Å²) in [5.41, 5.74) is 1.23. The molecule has 14 nitrogen and oxygen atoms in total. The van der Waals surface area contributed by atoms with Crippen molar-refractivity contribution in [1.82, 2.24) is 0 Å². The van der Waals surface area contributed by atoms with Crippen LogP contribution in [-0.2, 0) is 9.53 Å². The lowest BCUT2D eigenvalue weighted by atomic mass is 9.83. The van der Waals surface area contributed by atoms with Gasteiger partial charge in [0.25, 0.3) is 0 Å². The van der Waals surface area contributed by atoms with Crippen molar-refractivity contribution in [2.24, 2.45) is 5.41 Å². The van der Waals surface area contributed by atoms with E-state index in [2.05, 4.69) is 0 Å². The fourth-order valence-electron chi connectivity index (χ4n) is 6.77. The highest BCUT2D eigenvalue weighted by Gasteiger charge is 2.34. The number of esters is 4. The zero-order chi connectivity index (χ0) is 47.9. The van der Waals surface area contributed by atoms with E-state index in [0.29, 0.717) is 85.6 Å². The smallest absolute Gasteiger partial charge is 0.347 e. The average molecular weight is 915 g/mol. The Kier molecular flexibility index (Phi) is 16.7. The SMILES string of the molecule is CCOc1cc(OCC)c(C(=O)OC2=CCC(C)(C(=O)Oc3ccc(-c4ccc(OC(=O)c5ccc(OC(=O)c6cc(OCC)c(OCC)cc6OCC)cc5)cc4)cc3)C=C2)cc1OCC. The van der Waals surface area contributed by atoms with E-state index >= 15 is 0 Å². The first-order chi connectivity index (χ1) is 32.4. The Bertz CT molecular complexity index is 2590. The largest absolute Gasteiger partial charge is 0.493 e. The molecule has 0 saturated carbocycles. The molecule has 14 heteroatoms. The van der Waals surface area contributed by atoms with Crippen molar-refractivity contribution in [2.75, 3.05) is 39.6 Å². The first-order valence-corrected chi connectivity index (χ1v) is 22.1. The van der Waals surface area contributed by atoms with Gasteiger partial charge in [0.1, 0.15) is 45.6 Å². The summed E-state index contributed by atoms with van der Waals surface area (Å²) in [4.78, 5) is 53.0. The lowest BCUT2D eigenvalue weighted by Crippen LogP contribution is -2.31. The Morgan fingerprint density at radius 1 is 0.448 bits per heavy atom. The average Bonchev–Trinajstić information content (AvgIpc) is 3.32. The molecule has 0 bridgehead atoms. The molecule has 1 atom stereocenters. The van der Waals surface area contributed by atoms with Crippen LogP contribution in [0.1, 0.15) is 86.0 Å². The molecule has 0 fully saturated rings. The van der Waals surface area contributed by atoms with E-state index < -0.39 is 29.3 Å². The van der Waals surface area contributed by atoms with Crippen molar-refractivity contribution < 1.29 is 66.5 Å². The molecule has 0 saturated heterocycles. The molecule has 1 aliphatic rings. The lowest BCUT2D eigenvalue weighted by Gasteiger charge is -2.25. The molecule has 0 N–H and O–H groups in total. The van der Waals surface area contributed by atoms with Crippen molar-refractivity contribution in [2.45, 2.75) is 54.9 Å². The van der Waals surface area contributed by atoms with Crippen LogP contribution in [0.15, 0.2) is 121 Å². The van der Waals surface area contributed by atoms with Gasteiger partial charge in [-0.2, -0.15) is 0 Å². The van der Waals surface area contributed by atoms with Crippen LogP contribution in [-0.4, -0.2) is 63.5 Å². The monoisotopic (exact) mass is 914 g/mol. The first-order valence-electron chi connectivity index (χ1n) is 22.1. The normalized spacial score (nSPS) is 13.9. The Labute approximate surface area is 389 Å². The molecule has 0 aromatic heterocycles. The molecule has 67 heavy (non-hydrogen) atoms. The maximum atomic E-state index is 13.4. The lowest BCUT2D eigenvalue weighted by molar-refractivity contribution is -0.142. The highest BCUT2D eigenvalue weighted by Crippen LogP contribution is 2.39. The summed E-state index contributed by atoms with van der Waals surface area (Å²) in [7, 11) is 0. The molecule has 0 aliphatic heterocycles. The third-order valence-electron chi connectivity index (χ3n) is 10.1. The maximum Gasteiger partial charge on any atom is 0.347 e. The molecule has 6 rings (SSSR count). The van der Waals surface area contributed by atoms with Gasteiger partial charge >= 0.3 is 23.9 Å². The Morgan fingerprint density at radius 2 is 0.821 bits per heavy atom. The number of carbonyl (C=O) groups excluding carboxylic acids is 4. The molecular formula is C53H54O14. The van der Waals surface area contributed by atoms with Gasteiger partial charge in [-0.15, -0.1) is 0 Å². The summed E-state index contributed by atoms with van der Waals surface area (Å²) in [5, 5.41) is 0.